The van der Waals surface area contributed by atoms with E-state index in [1.54, 1.807) is 0 Å². The van der Waals surface area contributed by atoms with Crippen LogP contribution >= 0.6 is 23.2 Å². The van der Waals surface area contributed by atoms with Crippen LogP contribution in [0.15, 0.2) is 18.2 Å². The maximum atomic E-state index is 10.1. The predicted molar refractivity (Wildman–Crippen MR) is 68.1 cm³/mol. The van der Waals surface area contributed by atoms with Gasteiger partial charge < -0.3 is 5.11 Å². The molecule has 1 aromatic carbocycles. The maximum Gasteiger partial charge on any atom is 0.0609 e. The van der Waals surface area contributed by atoms with Gasteiger partial charge in [0.15, 0.2) is 0 Å². The largest absolute Gasteiger partial charge is 0.392 e. The Morgan fingerprint density at radius 3 is 2.38 bits per heavy atom. The van der Waals surface area contributed by atoms with Crippen LogP contribution in [0.5, 0.6) is 0 Å². The van der Waals surface area contributed by atoms with Crippen molar-refractivity contribution in [1.29, 1.82) is 0 Å². The summed E-state index contributed by atoms with van der Waals surface area (Å²) in [6.45, 7) is 2.10. The third-order valence-corrected chi connectivity index (χ3v) is 4.16. The maximum absolute atomic E-state index is 10.1. The summed E-state index contributed by atoms with van der Waals surface area (Å²) >= 11 is 12.2. The molecule has 1 fully saturated rings. The molecule has 0 radical (unpaired) electrons. The van der Waals surface area contributed by atoms with E-state index in [0.29, 0.717) is 28.3 Å². The number of hydrogen-bond acceptors (Lipinski definition) is 1. The van der Waals surface area contributed by atoms with Gasteiger partial charge in [0.25, 0.3) is 0 Å². The molecule has 2 rings (SSSR count). The van der Waals surface area contributed by atoms with Crippen LogP contribution < -0.4 is 0 Å². The zero-order valence-electron chi connectivity index (χ0n) is 9.29. The molecule has 0 heterocycles. The highest BCUT2D eigenvalue weighted by atomic mass is 35.5. The molecule has 2 atom stereocenters. The Bertz CT molecular complexity index is 354. The Morgan fingerprint density at radius 1 is 1.31 bits per heavy atom. The Labute approximate surface area is 106 Å². The Balaban J connectivity index is 2.07. The van der Waals surface area contributed by atoms with Gasteiger partial charge in [-0.05, 0) is 42.4 Å². The molecule has 0 saturated heterocycles. The molecule has 3 heteroatoms. The molecule has 1 N–H and O–H groups in total. The summed E-state index contributed by atoms with van der Waals surface area (Å²) in [5.74, 6) is 1.03. The van der Waals surface area contributed by atoms with Crippen LogP contribution in [-0.2, 0) is 6.42 Å². The fourth-order valence-corrected chi connectivity index (χ4v) is 2.61. The van der Waals surface area contributed by atoms with Gasteiger partial charge in [0, 0.05) is 16.5 Å². The molecule has 1 aliphatic carbocycles. The van der Waals surface area contributed by atoms with E-state index >= 15 is 0 Å². The van der Waals surface area contributed by atoms with Crippen molar-refractivity contribution in [1.82, 2.24) is 0 Å². The quantitative estimate of drug-likeness (QED) is 0.868. The van der Waals surface area contributed by atoms with E-state index in [1.807, 2.05) is 18.2 Å². The lowest BCUT2D eigenvalue weighted by atomic mass is 9.94. The highest BCUT2D eigenvalue weighted by Gasteiger charge is 2.32. The Kier molecular flexibility index (Phi) is 3.78. The van der Waals surface area contributed by atoms with Crippen molar-refractivity contribution in [2.24, 2.45) is 11.8 Å². The fraction of sp³-hybridized carbons (Fsp3) is 0.538. The average molecular weight is 259 g/mol. The highest BCUT2D eigenvalue weighted by molar-refractivity contribution is 6.35. The van der Waals surface area contributed by atoms with E-state index < -0.39 is 0 Å². The lowest BCUT2D eigenvalue weighted by Gasteiger charge is -2.19. The van der Waals surface area contributed by atoms with Crippen molar-refractivity contribution < 1.29 is 5.11 Å². The summed E-state index contributed by atoms with van der Waals surface area (Å²) in [6.07, 6.45) is 2.70. The molecule has 0 aromatic heterocycles. The molecule has 0 aliphatic heterocycles. The fourth-order valence-electron chi connectivity index (χ4n) is 2.06. The van der Waals surface area contributed by atoms with Crippen molar-refractivity contribution in [2.75, 3.05) is 0 Å². The lowest BCUT2D eigenvalue weighted by molar-refractivity contribution is 0.105. The minimum Gasteiger partial charge on any atom is -0.392 e. The first kappa shape index (κ1) is 12.2. The zero-order valence-corrected chi connectivity index (χ0v) is 10.8. The summed E-state index contributed by atoms with van der Waals surface area (Å²) in [5.41, 5.74) is 0.867. The molecule has 88 valence electrons. The summed E-state index contributed by atoms with van der Waals surface area (Å²) in [4.78, 5) is 0. The molecule has 0 spiro atoms. The average Bonchev–Trinajstić information content (AvgIpc) is 3.06. The van der Waals surface area contributed by atoms with Crippen molar-refractivity contribution >= 4 is 23.2 Å². The van der Waals surface area contributed by atoms with Crippen LogP contribution in [-0.4, -0.2) is 11.2 Å². The molecule has 1 aromatic rings. The van der Waals surface area contributed by atoms with Gasteiger partial charge in [-0.1, -0.05) is 36.2 Å². The summed E-state index contributed by atoms with van der Waals surface area (Å²) in [6, 6.07) is 5.46. The monoisotopic (exact) mass is 258 g/mol. The highest BCUT2D eigenvalue weighted by Crippen LogP contribution is 2.39. The molecule has 1 saturated carbocycles. The number of hydrogen-bond donors (Lipinski definition) is 1. The summed E-state index contributed by atoms with van der Waals surface area (Å²) in [7, 11) is 0. The molecule has 2 unspecified atom stereocenters. The van der Waals surface area contributed by atoms with Gasteiger partial charge >= 0.3 is 0 Å². The van der Waals surface area contributed by atoms with E-state index in [-0.39, 0.29) is 6.10 Å². The standard InChI is InChI=1S/C13H16Cl2O/c1-8(9-5-6-9)13(16)7-10-11(14)3-2-4-12(10)15/h2-4,8-9,13,16H,5-7H2,1H3. The van der Waals surface area contributed by atoms with Gasteiger partial charge in [-0.3, -0.25) is 0 Å². The van der Waals surface area contributed by atoms with E-state index in [4.69, 9.17) is 23.2 Å². The van der Waals surface area contributed by atoms with E-state index in [9.17, 15) is 5.11 Å². The van der Waals surface area contributed by atoms with Crippen molar-refractivity contribution in [3.8, 4) is 0 Å². The first-order valence-electron chi connectivity index (χ1n) is 5.70. The van der Waals surface area contributed by atoms with Gasteiger partial charge in [-0.25, -0.2) is 0 Å². The number of rotatable bonds is 4. The number of benzene rings is 1. The number of halogens is 2. The second-order valence-corrected chi connectivity index (χ2v) is 5.48. The zero-order chi connectivity index (χ0) is 11.7. The first-order valence-corrected chi connectivity index (χ1v) is 6.46. The van der Waals surface area contributed by atoms with E-state index in [0.717, 1.165) is 5.56 Å². The van der Waals surface area contributed by atoms with Gasteiger partial charge in [-0.15, -0.1) is 0 Å². The minimum absolute atomic E-state index is 0.340. The van der Waals surface area contributed by atoms with Gasteiger partial charge in [0.05, 0.1) is 6.10 Å². The molecule has 1 aliphatic rings. The van der Waals surface area contributed by atoms with Crippen molar-refractivity contribution in [3.05, 3.63) is 33.8 Å². The lowest BCUT2D eigenvalue weighted by Crippen LogP contribution is -2.22. The van der Waals surface area contributed by atoms with Crippen LogP contribution in [0.3, 0.4) is 0 Å². The number of aliphatic hydroxyl groups is 1. The third-order valence-electron chi connectivity index (χ3n) is 3.45. The Morgan fingerprint density at radius 2 is 1.88 bits per heavy atom. The van der Waals surface area contributed by atoms with Crippen LogP contribution in [0.4, 0.5) is 0 Å². The Hall–Kier alpha value is -0.240. The van der Waals surface area contributed by atoms with Gasteiger partial charge in [0.2, 0.25) is 0 Å². The molecular weight excluding hydrogens is 243 g/mol. The molecule has 16 heavy (non-hydrogen) atoms. The third kappa shape index (κ3) is 2.71. The van der Waals surface area contributed by atoms with Crippen LogP contribution in [0.2, 0.25) is 10.0 Å². The number of aliphatic hydroxyl groups excluding tert-OH is 1. The van der Waals surface area contributed by atoms with Crippen LogP contribution in [0, 0.1) is 11.8 Å². The normalized spacial score (nSPS) is 19.5. The van der Waals surface area contributed by atoms with E-state index in [1.165, 1.54) is 12.8 Å². The minimum atomic E-state index is -0.343. The molecule has 1 nitrogen and oxygen atoms in total. The SMILES string of the molecule is CC(C(O)Cc1c(Cl)cccc1Cl)C1CC1. The van der Waals surface area contributed by atoms with E-state index in [2.05, 4.69) is 6.92 Å². The van der Waals surface area contributed by atoms with Gasteiger partial charge in [0.1, 0.15) is 0 Å². The van der Waals surface area contributed by atoms with Gasteiger partial charge in [-0.2, -0.15) is 0 Å². The molecule has 0 amide bonds. The molecule has 0 bridgehead atoms. The van der Waals surface area contributed by atoms with Crippen molar-refractivity contribution in [3.63, 3.8) is 0 Å². The summed E-state index contributed by atoms with van der Waals surface area (Å²) in [5, 5.41) is 11.4. The van der Waals surface area contributed by atoms with Crippen molar-refractivity contribution in [2.45, 2.75) is 32.3 Å². The van der Waals surface area contributed by atoms with Crippen LogP contribution in [0.25, 0.3) is 0 Å². The second kappa shape index (κ2) is 4.95. The molecular formula is C13H16Cl2O. The first-order chi connectivity index (χ1) is 7.59. The smallest absolute Gasteiger partial charge is 0.0609 e. The van der Waals surface area contributed by atoms with Crippen LogP contribution in [0.1, 0.15) is 25.3 Å². The summed E-state index contributed by atoms with van der Waals surface area (Å²) < 4.78 is 0. The second-order valence-electron chi connectivity index (χ2n) is 4.67. The topological polar surface area (TPSA) is 20.2 Å². The predicted octanol–water partition coefficient (Wildman–Crippen LogP) is 3.94.